The number of amides is 1. The Morgan fingerprint density at radius 1 is 1.14 bits per heavy atom. The highest BCUT2D eigenvalue weighted by atomic mass is 19.2. The number of halogens is 2. The zero-order valence-electron chi connectivity index (χ0n) is 10.9. The van der Waals surface area contributed by atoms with E-state index < -0.39 is 17.5 Å². The van der Waals surface area contributed by atoms with Gasteiger partial charge in [-0.3, -0.25) is 4.79 Å². The molecule has 2 aromatic rings. The molecule has 0 saturated carbocycles. The van der Waals surface area contributed by atoms with Crippen molar-refractivity contribution in [3.05, 3.63) is 60.2 Å². The summed E-state index contributed by atoms with van der Waals surface area (Å²) in [4.78, 5) is 11.8. The number of carbonyl (C=O) groups excluding carboxylic acids is 1. The molecule has 0 aliphatic heterocycles. The third-order valence-corrected chi connectivity index (χ3v) is 2.52. The maximum atomic E-state index is 13.1. The first-order chi connectivity index (χ1) is 10.1. The van der Waals surface area contributed by atoms with Gasteiger partial charge in [0.1, 0.15) is 5.82 Å². The molecule has 1 heterocycles. The van der Waals surface area contributed by atoms with E-state index in [1.807, 2.05) is 0 Å². The molecule has 0 bridgehead atoms. The van der Waals surface area contributed by atoms with Crippen LogP contribution in [0.25, 0.3) is 0 Å². The van der Waals surface area contributed by atoms with Gasteiger partial charge in [0.15, 0.2) is 17.5 Å². The summed E-state index contributed by atoms with van der Waals surface area (Å²) in [5.74, 6) is -1.97. The van der Waals surface area contributed by atoms with Gasteiger partial charge in [-0.25, -0.2) is 8.78 Å². The second-order valence-corrected chi connectivity index (χ2v) is 4.06. The van der Waals surface area contributed by atoms with Crippen LogP contribution in [-0.2, 0) is 0 Å². The monoisotopic (exact) mass is 290 g/mol. The zero-order chi connectivity index (χ0) is 15.2. The number of carbonyl (C=O) groups is 1. The predicted octanol–water partition coefficient (Wildman–Crippen LogP) is 2.60. The smallest absolute Gasteiger partial charge is 0.256 e. The zero-order valence-corrected chi connectivity index (χ0v) is 10.9. The molecule has 0 unspecified atom stereocenters. The normalized spacial score (nSPS) is 10.0. The summed E-state index contributed by atoms with van der Waals surface area (Å²) >= 11 is 0. The van der Waals surface area contributed by atoms with E-state index in [0.717, 1.165) is 12.1 Å². The lowest BCUT2D eigenvalue weighted by molar-refractivity contribution is 0.102. The Labute approximate surface area is 119 Å². The quantitative estimate of drug-likeness (QED) is 0.831. The van der Waals surface area contributed by atoms with Crippen LogP contribution in [0.2, 0.25) is 0 Å². The SMILES string of the molecule is C=CCNc1ccc(NC(=O)c2ccc(F)c(F)c2)nn1. The number of hydrogen-bond acceptors (Lipinski definition) is 4. The number of nitrogens with one attached hydrogen (secondary N) is 2. The number of aromatic nitrogens is 2. The van der Waals surface area contributed by atoms with Crippen LogP contribution in [0.15, 0.2) is 43.0 Å². The van der Waals surface area contributed by atoms with Crippen molar-refractivity contribution in [1.82, 2.24) is 10.2 Å². The van der Waals surface area contributed by atoms with E-state index in [1.54, 1.807) is 12.1 Å². The fraction of sp³-hybridized carbons (Fsp3) is 0.0714. The molecule has 0 radical (unpaired) electrons. The van der Waals surface area contributed by atoms with Gasteiger partial charge in [0, 0.05) is 12.1 Å². The highest BCUT2D eigenvalue weighted by Gasteiger charge is 2.10. The Balaban J connectivity index is 2.05. The van der Waals surface area contributed by atoms with E-state index in [4.69, 9.17) is 0 Å². The summed E-state index contributed by atoms with van der Waals surface area (Å²) in [5, 5.41) is 13.0. The molecule has 1 aromatic heterocycles. The molecule has 1 amide bonds. The Kier molecular flexibility index (Phi) is 4.55. The minimum atomic E-state index is -1.09. The van der Waals surface area contributed by atoms with Gasteiger partial charge in [0.05, 0.1) is 0 Å². The highest BCUT2D eigenvalue weighted by molar-refractivity contribution is 6.03. The van der Waals surface area contributed by atoms with Crippen LogP contribution in [0.3, 0.4) is 0 Å². The molecule has 108 valence electrons. The Morgan fingerprint density at radius 2 is 1.86 bits per heavy atom. The molecule has 2 N–H and O–H groups in total. The maximum Gasteiger partial charge on any atom is 0.256 e. The van der Waals surface area contributed by atoms with Crippen molar-refractivity contribution in [1.29, 1.82) is 0 Å². The number of nitrogens with zero attached hydrogens (tertiary/aromatic N) is 2. The van der Waals surface area contributed by atoms with Crippen LogP contribution < -0.4 is 10.6 Å². The van der Waals surface area contributed by atoms with Gasteiger partial charge in [-0.1, -0.05) is 6.08 Å². The first kappa shape index (κ1) is 14.6. The van der Waals surface area contributed by atoms with Crippen molar-refractivity contribution in [3.63, 3.8) is 0 Å². The minimum absolute atomic E-state index is 0.00967. The van der Waals surface area contributed by atoms with Crippen molar-refractivity contribution in [2.24, 2.45) is 0 Å². The van der Waals surface area contributed by atoms with Crippen molar-refractivity contribution in [2.45, 2.75) is 0 Å². The number of benzene rings is 1. The third-order valence-electron chi connectivity index (χ3n) is 2.52. The van der Waals surface area contributed by atoms with Crippen molar-refractivity contribution in [3.8, 4) is 0 Å². The Bertz CT molecular complexity index is 659. The molecule has 0 atom stereocenters. The largest absolute Gasteiger partial charge is 0.365 e. The fourth-order valence-corrected chi connectivity index (χ4v) is 1.50. The van der Waals surface area contributed by atoms with Gasteiger partial charge in [-0.15, -0.1) is 16.8 Å². The molecule has 2 rings (SSSR count). The van der Waals surface area contributed by atoms with Crippen molar-refractivity contribution < 1.29 is 13.6 Å². The lowest BCUT2D eigenvalue weighted by atomic mass is 10.2. The molecule has 0 spiro atoms. The Hall–Kier alpha value is -2.83. The van der Waals surface area contributed by atoms with Crippen LogP contribution in [0.1, 0.15) is 10.4 Å². The first-order valence-electron chi connectivity index (χ1n) is 6.05. The predicted molar refractivity (Wildman–Crippen MR) is 75.0 cm³/mol. The van der Waals surface area contributed by atoms with Gasteiger partial charge in [0.2, 0.25) is 0 Å². The molecule has 0 aliphatic carbocycles. The molecule has 0 fully saturated rings. The second-order valence-electron chi connectivity index (χ2n) is 4.06. The fourth-order valence-electron chi connectivity index (χ4n) is 1.50. The van der Waals surface area contributed by atoms with E-state index in [-0.39, 0.29) is 11.4 Å². The van der Waals surface area contributed by atoms with Crippen LogP contribution in [-0.4, -0.2) is 22.6 Å². The molecule has 0 aliphatic rings. The lowest BCUT2D eigenvalue weighted by Crippen LogP contribution is -2.14. The summed E-state index contributed by atoms with van der Waals surface area (Å²) < 4.78 is 25.8. The Morgan fingerprint density at radius 3 is 2.48 bits per heavy atom. The standard InChI is InChI=1S/C14H12F2N4O/c1-2-7-17-12-5-6-13(20-19-12)18-14(21)9-3-4-10(15)11(16)8-9/h2-6,8H,1,7H2,(H,17,19)(H,18,20,21). The van der Waals surface area contributed by atoms with Gasteiger partial charge in [-0.05, 0) is 30.3 Å². The summed E-state index contributed by atoms with van der Waals surface area (Å²) in [6, 6.07) is 6.05. The van der Waals surface area contributed by atoms with Crippen molar-refractivity contribution in [2.75, 3.05) is 17.2 Å². The van der Waals surface area contributed by atoms with Crippen LogP contribution >= 0.6 is 0 Å². The van der Waals surface area contributed by atoms with Gasteiger partial charge >= 0.3 is 0 Å². The van der Waals surface area contributed by atoms with Crippen LogP contribution in [0, 0.1) is 11.6 Å². The third kappa shape index (κ3) is 3.82. The molecule has 0 saturated heterocycles. The number of hydrogen-bond donors (Lipinski definition) is 2. The van der Waals surface area contributed by atoms with Gasteiger partial charge in [0.25, 0.3) is 5.91 Å². The lowest BCUT2D eigenvalue weighted by Gasteiger charge is -2.05. The molecule has 5 nitrogen and oxygen atoms in total. The maximum absolute atomic E-state index is 13.1. The molecular formula is C14H12F2N4O. The first-order valence-corrected chi connectivity index (χ1v) is 6.05. The summed E-state index contributed by atoms with van der Waals surface area (Å²) in [7, 11) is 0. The average molecular weight is 290 g/mol. The van der Waals surface area contributed by atoms with E-state index in [0.29, 0.717) is 12.4 Å². The number of anilines is 2. The van der Waals surface area contributed by atoms with Gasteiger partial charge < -0.3 is 10.6 Å². The second kappa shape index (κ2) is 6.56. The van der Waals surface area contributed by atoms with Crippen molar-refractivity contribution >= 4 is 17.5 Å². The summed E-state index contributed by atoms with van der Waals surface area (Å²) in [5.41, 5.74) is -0.00967. The molecule has 21 heavy (non-hydrogen) atoms. The number of rotatable bonds is 5. The molecular weight excluding hydrogens is 278 g/mol. The topological polar surface area (TPSA) is 66.9 Å². The van der Waals surface area contributed by atoms with Crippen LogP contribution in [0.5, 0.6) is 0 Å². The average Bonchev–Trinajstić information content (AvgIpc) is 2.49. The van der Waals surface area contributed by atoms with E-state index in [9.17, 15) is 13.6 Å². The van der Waals surface area contributed by atoms with Crippen LogP contribution in [0.4, 0.5) is 20.4 Å². The van der Waals surface area contributed by atoms with E-state index in [2.05, 4.69) is 27.4 Å². The summed E-state index contributed by atoms with van der Waals surface area (Å²) in [6.07, 6.45) is 1.67. The van der Waals surface area contributed by atoms with Gasteiger partial charge in [-0.2, -0.15) is 0 Å². The summed E-state index contributed by atoms with van der Waals surface area (Å²) in [6.45, 7) is 4.09. The highest BCUT2D eigenvalue weighted by Crippen LogP contribution is 2.11. The molecule has 1 aromatic carbocycles. The minimum Gasteiger partial charge on any atom is -0.365 e. The van der Waals surface area contributed by atoms with E-state index in [1.165, 1.54) is 12.1 Å². The van der Waals surface area contributed by atoms with E-state index >= 15 is 0 Å². The molecule has 7 heteroatoms.